The van der Waals surface area contributed by atoms with E-state index in [1.807, 2.05) is 55.5 Å². The number of nitrogens with two attached hydrogens (primary N) is 1. The molecule has 172 valence electrons. The Balaban J connectivity index is 1.44. The van der Waals surface area contributed by atoms with E-state index in [1.54, 1.807) is 12.1 Å². The van der Waals surface area contributed by atoms with Crippen LogP contribution in [0.2, 0.25) is 0 Å². The normalized spacial score (nSPS) is 12.5. The van der Waals surface area contributed by atoms with E-state index in [2.05, 4.69) is 9.97 Å². The number of nitrogens with zero attached hydrogens (tertiary/aromatic N) is 2. The molecule has 0 aliphatic heterocycles. The van der Waals surface area contributed by atoms with Crippen molar-refractivity contribution in [2.75, 3.05) is 5.73 Å². The van der Waals surface area contributed by atoms with Gasteiger partial charge in [0.2, 0.25) is 11.8 Å². The monoisotopic (exact) mass is 473 g/mol. The highest BCUT2D eigenvalue weighted by Crippen LogP contribution is 2.38. The van der Waals surface area contributed by atoms with Crippen LogP contribution in [-0.2, 0) is 29.6 Å². The lowest BCUT2D eigenvalue weighted by atomic mass is 9.89. The van der Waals surface area contributed by atoms with Crippen LogP contribution in [0.15, 0.2) is 77.7 Å². The van der Waals surface area contributed by atoms with E-state index in [0.717, 1.165) is 28.0 Å². The zero-order chi connectivity index (χ0) is 23.7. The van der Waals surface area contributed by atoms with E-state index in [4.69, 9.17) is 14.7 Å². The summed E-state index contributed by atoms with van der Waals surface area (Å²) < 4.78 is 37.1. The average molecular weight is 474 g/mol. The molecule has 5 rings (SSSR count). The molecular weight excluding hydrogens is 450 g/mol. The molecule has 3 aromatic carbocycles. The van der Waals surface area contributed by atoms with Crippen molar-refractivity contribution in [3.8, 4) is 22.9 Å². The van der Waals surface area contributed by atoms with Gasteiger partial charge >= 0.3 is 10.1 Å². The topological polar surface area (TPSA) is 104 Å². The van der Waals surface area contributed by atoms with Gasteiger partial charge in [0.1, 0.15) is 17.3 Å². The lowest BCUT2D eigenvalue weighted by Gasteiger charge is -2.21. The van der Waals surface area contributed by atoms with Gasteiger partial charge in [0.05, 0.1) is 5.69 Å². The fourth-order valence-electron chi connectivity index (χ4n) is 3.95. The van der Waals surface area contributed by atoms with Crippen LogP contribution in [-0.4, -0.2) is 18.4 Å². The van der Waals surface area contributed by atoms with Gasteiger partial charge in [0, 0.05) is 11.1 Å². The van der Waals surface area contributed by atoms with Crippen LogP contribution in [0.5, 0.6) is 11.6 Å². The van der Waals surface area contributed by atoms with Crippen molar-refractivity contribution in [3.63, 3.8) is 0 Å². The first-order chi connectivity index (χ1) is 16.4. The zero-order valence-electron chi connectivity index (χ0n) is 18.6. The SMILES string of the molecule is Cc1ccc(S(=O)(=O)Oc2nc(N)nc3c2CCc2cc(OCc4ccccc4)ccc2-3)cc1. The number of nitrogen functional groups attached to an aromatic ring is 1. The van der Waals surface area contributed by atoms with Crippen molar-refractivity contribution < 1.29 is 17.3 Å². The number of hydrogen-bond acceptors (Lipinski definition) is 7. The Kier molecular flexibility index (Phi) is 5.67. The second-order valence-corrected chi connectivity index (χ2v) is 9.70. The molecule has 0 radical (unpaired) electrons. The Hall–Kier alpha value is -3.91. The first-order valence-electron chi connectivity index (χ1n) is 10.9. The molecule has 1 aliphatic rings. The predicted molar refractivity (Wildman–Crippen MR) is 129 cm³/mol. The fourth-order valence-corrected chi connectivity index (χ4v) is 4.86. The van der Waals surface area contributed by atoms with Crippen molar-refractivity contribution in [1.29, 1.82) is 0 Å². The summed E-state index contributed by atoms with van der Waals surface area (Å²) in [7, 11) is -4.06. The van der Waals surface area contributed by atoms with E-state index >= 15 is 0 Å². The molecule has 8 heteroatoms. The Labute approximate surface area is 198 Å². The number of anilines is 1. The summed E-state index contributed by atoms with van der Waals surface area (Å²) >= 11 is 0. The number of benzene rings is 3. The Morgan fingerprint density at radius 1 is 0.941 bits per heavy atom. The average Bonchev–Trinajstić information content (AvgIpc) is 2.83. The number of aryl methyl sites for hydroxylation is 2. The first kappa shape index (κ1) is 21.9. The fraction of sp³-hybridized carbons (Fsp3) is 0.154. The van der Waals surface area contributed by atoms with Gasteiger partial charge in [-0.15, -0.1) is 0 Å². The number of ether oxygens (including phenoxy) is 1. The molecule has 0 saturated carbocycles. The summed E-state index contributed by atoms with van der Waals surface area (Å²) in [5, 5.41) is 0. The summed E-state index contributed by atoms with van der Waals surface area (Å²) in [6, 6.07) is 22.2. The minimum atomic E-state index is -4.06. The molecule has 1 aliphatic carbocycles. The Morgan fingerprint density at radius 2 is 1.71 bits per heavy atom. The predicted octanol–water partition coefficient (Wildman–Crippen LogP) is 4.48. The number of hydrogen-bond donors (Lipinski definition) is 1. The Morgan fingerprint density at radius 3 is 2.47 bits per heavy atom. The highest BCUT2D eigenvalue weighted by atomic mass is 32.2. The van der Waals surface area contributed by atoms with Crippen molar-refractivity contribution in [3.05, 3.63) is 95.1 Å². The molecule has 0 saturated heterocycles. The van der Waals surface area contributed by atoms with Crippen molar-refractivity contribution in [2.45, 2.75) is 31.3 Å². The highest BCUT2D eigenvalue weighted by Gasteiger charge is 2.27. The van der Waals surface area contributed by atoms with Crippen molar-refractivity contribution >= 4 is 16.1 Å². The summed E-state index contributed by atoms with van der Waals surface area (Å²) in [6.45, 7) is 2.36. The van der Waals surface area contributed by atoms with Gasteiger partial charge < -0.3 is 14.7 Å². The number of fused-ring (bicyclic) bond motifs is 3. The van der Waals surface area contributed by atoms with Crippen LogP contribution in [0.4, 0.5) is 5.95 Å². The summed E-state index contributed by atoms with van der Waals surface area (Å²) in [6.07, 6.45) is 1.18. The highest BCUT2D eigenvalue weighted by molar-refractivity contribution is 7.87. The quantitative estimate of drug-likeness (QED) is 0.412. The number of rotatable bonds is 6. The molecule has 0 spiro atoms. The van der Waals surface area contributed by atoms with E-state index in [0.29, 0.717) is 30.7 Å². The third-order valence-corrected chi connectivity index (χ3v) is 6.94. The molecule has 1 aromatic heterocycles. The maximum Gasteiger partial charge on any atom is 0.340 e. The molecule has 1 heterocycles. The number of aromatic nitrogens is 2. The summed E-state index contributed by atoms with van der Waals surface area (Å²) in [5.74, 6) is 0.676. The summed E-state index contributed by atoms with van der Waals surface area (Å²) in [4.78, 5) is 8.57. The van der Waals surface area contributed by atoms with Crippen LogP contribution in [0.3, 0.4) is 0 Å². The van der Waals surface area contributed by atoms with Gasteiger partial charge in [-0.1, -0.05) is 48.0 Å². The molecule has 0 fully saturated rings. The first-order valence-corrected chi connectivity index (χ1v) is 12.3. The van der Waals surface area contributed by atoms with Gasteiger partial charge in [0.25, 0.3) is 0 Å². The van der Waals surface area contributed by atoms with E-state index in [-0.39, 0.29) is 16.7 Å². The van der Waals surface area contributed by atoms with Crippen LogP contribution in [0, 0.1) is 6.92 Å². The molecule has 4 aromatic rings. The molecular formula is C26H23N3O4S. The smallest absolute Gasteiger partial charge is 0.340 e. The molecule has 0 atom stereocenters. The van der Waals surface area contributed by atoms with Gasteiger partial charge in [-0.2, -0.15) is 13.4 Å². The van der Waals surface area contributed by atoms with Crippen LogP contribution < -0.4 is 14.7 Å². The molecule has 0 unspecified atom stereocenters. The van der Waals surface area contributed by atoms with E-state index in [9.17, 15) is 8.42 Å². The zero-order valence-corrected chi connectivity index (χ0v) is 19.4. The standard InChI is InChI=1S/C26H23N3O4S/c1-17-7-11-21(12-8-17)34(30,31)33-25-23-13-9-19-15-20(32-16-18-5-3-2-4-6-18)10-14-22(19)24(23)28-26(27)29-25/h2-8,10-12,14-15H,9,13,16H2,1H3,(H2,27,28,29). The third kappa shape index (κ3) is 4.45. The van der Waals surface area contributed by atoms with Gasteiger partial charge in [0.15, 0.2) is 0 Å². The van der Waals surface area contributed by atoms with Crippen LogP contribution in [0.1, 0.15) is 22.3 Å². The minimum absolute atomic E-state index is 0.0295. The molecule has 0 amide bonds. The maximum absolute atomic E-state index is 12.8. The van der Waals surface area contributed by atoms with Crippen LogP contribution in [0.25, 0.3) is 11.3 Å². The lowest BCUT2D eigenvalue weighted by Crippen LogP contribution is -2.16. The second kappa shape index (κ2) is 8.79. The largest absolute Gasteiger partial charge is 0.489 e. The van der Waals surface area contributed by atoms with Crippen LogP contribution >= 0.6 is 0 Å². The van der Waals surface area contributed by atoms with E-state index < -0.39 is 10.1 Å². The van der Waals surface area contributed by atoms with Gasteiger partial charge in [-0.05, 0) is 61.2 Å². The molecule has 2 N–H and O–H groups in total. The van der Waals surface area contributed by atoms with Gasteiger partial charge in [-0.25, -0.2) is 4.98 Å². The molecule has 7 nitrogen and oxygen atoms in total. The lowest BCUT2D eigenvalue weighted by molar-refractivity contribution is 0.306. The van der Waals surface area contributed by atoms with E-state index in [1.165, 1.54) is 12.1 Å². The van der Waals surface area contributed by atoms with Crippen molar-refractivity contribution in [2.24, 2.45) is 0 Å². The Bertz CT molecular complexity index is 1450. The van der Waals surface area contributed by atoms with Gasteiger partial charge in [-0.3, -0.25) is 0 Å². The minimum Gasteiger partial charge on any atom is -0.489 e. The molecule has 34 heavy (non-hydrogen) atoms. The van der Waals surface area contributed by atoms with Crippen molar-refractivity contribution in [1.82, 2.24) is 9.97 Å². The second-order valence-electron chi connectivity index (χ2n) is 8.16. The molecule has 0 bridgehead atoms. The summed E-state index contributed by atoms with van der Waals surface area (Å²) in [5.41, 5.74) is 11.1. The maximum atomic E-state index is 12.8. The third-order valence-electron chi connectivity index (χ3n) is 5.71.